The van der Waals surface area contributed by atoms with Gasteiger partial charge in [-0.1, -0.05) is 77.3 Å². The fourth-order valence-electron chi connectivity index (χ4n) is 6.57. The normalized spacial score (nSPS) is 11.6. The number of nitrogens with two attached hydrogens (primary N) is 2. The zero-order valence-electron chi connectivity index (χ0n) is 33.6. The number of ether oxygens (including phenoxy) is 2. The molecule has 0 radical (unpaired) electrons. The van der Waals surface area contributed by atoms with Gasteiger partial charge in [0.25, 0.3) is 0 Å². The molecule has 15 heteroatoms. The van der Waals surface area contributed by atoms with Crippen LogP contribution in [-0.4, -0.2) is 55.5 Å². The third kappa shape index (κ3) is 10.7. The molecule has 6 aromatic heterocycles. The van der Waals surface area contributed by atoms with E-state index in [1.165, 1.54) is 33.3 Å². The summed E-state index contributed by atoms with van der Waals surface area (Å²) in [6.45, 7) is 5.91. The summed E-state index contributed by atoms with van der Waals surface area (Å²) in [7, 11) is 2.18. The molecule has 316 valence electrons. The van der Waals surface area contributed by atoms with Crippen LogP contribution in [0.4, 0.5) is 11.4 Å². The van der Waals surface area contributed by atoms with Crippen LogP contribution in [0.15, 0.2) is 123 Å². The maximum atomic E-state index is 13.2. The van der Waals surface area contributed by atoms with Crippen molar-refractivity contribution in [3.8, 4) is 44.8 Å². The minimum atomic E-state index is -1.27. The maximum Gasteiger partial charge on any atom is 0.250 e. The molecule has 1 atom stereocenters. The molecule has 0 aliphatic rings. The number of benzene rings is 2. The van der Waals surface area contributed by atoms with E-state index in [2.05, 4.69) is 24.4 Å². The van der Waals surface area contributed by atoms with Gasteiger partial charge in [-0.15, -0.1) is 16.7 Å². The van der Waals surface area contributed by atoms with Gasteiger partial charge >= 0.3 is 0 Å². The molecule has 11 nitrogen and oxygen atoms in total. The minimum Gasteiger partial charge on any atom is -0.419 e. The largest absolute Gasteiger partial charge is 0.419 e. The van der Waals surface area contributed by atoms with E-state index >= 15 is 0 Å². The molecule has 0 spiro atoms. The van der Waals surface area contributed by atoms with Gasteiger partial charge in [-0.25, -0.2) is 4.98 Å². The van der Waals surface area contributed by atoms with Crippen LogP contribution in [0.1, 0.15) is 12.8 Å². The first-order valence-electron chi connectivity index (χ1n) is 19.2. The zero-order valence-corrected chi connectivity index (χ0v) is 38.6. The van der Waals surface area contributed by atoms with Crippen molar-refractivity contribution >= 4 is 65.3 Å². The second-order valence-electron chi connectivity index (χ2n) is 13.8. The van der Waals surface area contributed by atoms with Crippen molar-refractivity contribution in [2.45, 2.75) is 17.1 Å². The van der Waals surface area contributed by atoms with Crippen LogP contribution >= 0.6 is 22.7 Å². The van der Waals surface area contributed by atoms with Gasteiger partial charge in [0.05, 0.1) is 41.1 Å². The molecule has 61 heavy (non-hydrogen) atoms. The van der Waals surface area contributed by atoms with Gasteiger partial charge < -0.3 is 42.0 Å². The Bertz CT molecular complexity index is 2900. The Morgan fingerprint density at radius 2 is 1.23 bits per heavy atom. The number of rotatable bonds is 14. The third-order valence-corrected chi connectivity index (χ3v) is 13.4. The SMILES string of the molecule is Cn1cc(-c2cc(-c3ccccc3)c3c(N)[c-]sc3n2)ccc1=O.[CH2-]CCOCCOCCCS(=O)c1sc2nc(-c3ccc(=O)n(C)c3)cc(-c3ccccc3)c2c1N.[Os]. The molecule has 2 aromatic carbocycles. The van der Waals surface area contributed by atoms with Crippen molar-refractivity contribution in [2.24, 2.45) is 14.1 Å². The van der Waals surface area contributed by atoms with Gasteiger partial charge in [-0.2, -0.15) is 6.42 Å². The van der Waals surface area contributed by atoms with Gasteiger partial charge in [-0.3, -0.25) is 25.1 Å². The second-order valence-corrected chi connectivity index (χ2v) is 17.4. The molecule has 0 aliphatic carbocycles. The molecule has 8 rings (SSSR count). The second kappa shape index (κ2) is 21.1. The van der Waals surface area contributed by atoms with E-state index in [1.54, 1.807) is 49.3 Å². The quantitative estimate of drug-likeness (QED) is 0.0807. The van der Waals surface area contributed by atoms with E-state index in [9.17, 15) is 13.8 Å². The molecular weight excluding hydrogens is 1000 g/mol. The Kier molecular flexibility index (Phi) is 15.7. The van der Waals surface area contributed by atoms with E-state index in [0.717, 1.165) is 71.6 Å². The topological polar surface area (TPSA) is 157 Å². The first kappa shape index (κ1) is 45.4. The Morgan fingerprint density at radius 1 is 0.705 bits per heavy atom. The number of pyridine rings is 4. The van der Waals surface area contributed by atoms with Gasteiger partial charge in [-0.05, 0) is 52.2 Å². The number of fused-ring (bicyclic) bond motifs is 2. The van der Waals surface area contributed by atoms with Crippen molar-refractivity contribution in [3.05, 3.63) is 142 Å². The standard InChI is InChI=1S/C27H30N3O4S2.C19H14N3OS.Os/c1-3-12-33-14-15-34-13-7-16-36(32)27-25(28)24-21(19-8-5-4-6-9-19)17-22(29-26(24)35-27)20-10-11-23(31)30(2)18-20;1-22-10-13(7-8-17(22)23)16-9-14(12-5-3-2-4-6-12)18-15(20)11-24-19(18)21-16;/h4-6,8-11,17-18H,1,3,7,12-16,28H2,2H3;2-10H,20H2,1H3;/q2*-1;. The van der Waals surface area contributed by atoms with Gasteiger partial charge in [0.15, 0.2) is 0 Å². The first-order chi connectivity index (χ1) is 29.1. The smallest absolute Gasteiger partial charge is 0.250 e. The summed E-state index contributed by atoms with van der Waals surface area (Å²) in [4.78, 5) is 34.7. The summed E-state index contributed by atoms with van der Waals surface area (Å²) in [5.41, 5.74) is 21.0. The fraction of sp³-hybridized carbons (Fsp3) is 0.196. The monoisotopic (exact) mass is 1050 g/mol. The molecule has 0 aliphatic heterocycles. The van der Waals surface area contributed by atoms with Crippen molar-refractivity contribution in [3.63, 3.8) is 0 Å². The summed E-state index contributed by atoms with van der Waals surface area (Å²) < 4.78 is 27.8. The number of thiophene rings is 2. The Hall–Kier alpha value is -5.13. The summed E-state index contributed by atoms with van der Waals surface area (Å²) in [6, 6.07) is 30.7. The van der Waals surface area contributed by atoms with Gasteiger partial charge in [0.2, 0.25) is 11.1 Å². The Morgan fingerprint density at radius 3 is 1.77 bits per heavy atom. The van der Waals surface area contributed by atoms with Crippen molar-refractivity contribution in [1.29, 1.82) is 0 Å². The van der Waals surface area contributed by atoms with Crippen LogP contribution in [0.2, 0.25) is 0 Å². The number of nitrogen functional groups attached to an aromatic ring is 2. The maximum absolute atomic E-state index is 13.2. The summed E-state index contributed by atoms with van der Waals surface area (Å²) in [5.74, 6) is 0.449. The summed E-state index contributed by atoms with van der Waals surface area (Å²) in [6.07, 6.45) is 4.96. The molecule has 0 saturated heterocycles. The number of nitrogens with zero attached hydrogens (tertiary/aromatic N) is 4. The van der Waals surface area contributed by atoms with Crippen LogP contribution in [0.3, 0.4) is 0 Å². The third-order valence-electron chi connectivity index (χ3n) is 9.60. The average molecular weight is 1050 g/mol. The van der Waals surface area contributed by atoms with Crippen LogP contribution < -0.4 is 22.6 Å². The average Bonchev–Trinajstić information content (AvgIpc) is 3.82. The van der Waals surface area contributed by atoms with E-state index in [0.29, 0.717) is 54.2 Å². The number of anilines is 2. The summed E-state index contributed by atoms with van der Waals surface area (Å²) in [5, 5.41) is 4.83. The number of aromatic nitrogens is 4. The number of hydrogen-bond acceptors (Lipinski definition) is 11. The minimum absolute atomic E-state index is 0. The molecular formula is C46H44N6O5OsS3-2. The predicted octanol–water partition coefficient (Wildman–Crippen LogP) is 8.38. The first-order valence-corrected chi connectivity index (χ1v) is 22.2. The number of aryl methyl sites for hydroxylation is 2. The molecule has 0 saturated carbocycles. The molecule has 6 heterocycles. The van der Waals surface area contributed by atoms with E-state index in [4.69, 9.17) is 30.9 Å². The van der Waals surface area contributed by atoms with E-state index < -0.39 is 10.8 Å². The predicted molar refractivity (Wildman–Crippen MR) is 247 cm³/mol. The van der Waals surface area contributed by atoms with Crippen molar-refractivity contribution in [1.82, 2.24) is 19.1 Å². The molecule has 1 unspecified atom stereocenters. The van der Waals surface area contributed by atoms with Crippen molar-refractivity contribution < 1.29 is 33.5 Å². The molecule has 0 fully saturated rings. The van der Waals surface area contributed by atoms with E-state index in [1.807, 2.05) is 60.7 Å². The van der Waals surface area contributed by atoms with Gasteiger partial charge in [0.1, 0.15) is 9.04 Å². The zero-order chi connectivity index (χ0) is 42.2. The van der Waals surface area contributed by atoms with Crippen LogP contribution in [0.25, 0.3) is 65.2 Å². The molecule has 4 N–H and O–H groups in total. The number of hydrogen-bond donors (Lipinski definition) is 2. The fourth-order valence-corrected chi connectivity index (χ4v) is 9.97. The van der Waals surface area contributed by atoms with Crippen molar-refractivity contribution in [2.75, 3.05) is 43.6 Å². The van der Waals surface area contributed by atoms with Crippen LogP contribution in [-0.2, 0) is 54.2 Å². The van der Waals surface area contributed by atoms with Gasteiger partial charge in [0, 0.05) is 93.9 Å². The molecule has 0 amide bonds. The Labute approximate surface area is 377 Å². The molecule has 8 aromatic rings. The van der Waals surface area contributed by atoms with Crippen LogP contribution in [0, 0.1) is 12.3 Å². The Balaban J connectivity index is 0.000000216. The van der Waals surface area contributed by atoms with Crippen LogP contribution in [0.5, 0.6) is 0 Å². The molecule has 0 bridgehead atoms. The summed E-state index contributed by atoms with van der Waals surface area (Å²) >= 11 is 2.77. The van der Waals surface area contributed by atoms with E-state index in [-0.39, 0.29) is 30.9 Å².